The van der Waals surface area contributed by atoms with Crippen LogP contribution in [0.5, 0.6) is 0 Å². The Morgan fingerprint density at radius 3 is 1.91 bits per heavy atom. The number of nitrogens with one attached hydrogen (secondary N) is 3. The normalized spacial score (nSPS) is 31.9. The first kappa shape index (κ1) is 86.7. The fourth-order valence-electron chi connectivity index (χ4n) is 17.9. The van der Waals surface area contributed by atoms with E-state index in [-0.39, 0.29) is 108 Å². The molecule has 25 nitrogen and oxygen atoms in total. The first-order valence-electron chi connectivity index (χ1n) is 39.1. The molecule has 598 valence electrons. The highest BCUT2D eigenvalue weighted by Gasteiger charge is 2.59. The van der Waals surface area contributed by atoms with Gasteiger partial charge in [-0.25, -0.2) is 0 Å². The number of amides is 12. The van der Waals surface area contributed by atoms with Crippen molar-refractivity contribution < 1.29 is 75.4 Å². The molecule has 0 aromatic carbocycles. The molecule has 0 aromatic rings. The number of halogens is 4. The lowest BCUT2D eigenvalue weighted by atomic mass is 9.58. The molecule has 3 unspecified atom stereocenters. The Kier molecular flexibility index (Phi) is 30.8. The van der Waals surface area contributed by atoms with E-state index < -0.39 is 186 Å². The second kappa shape index (κ2) is 37.7. The van der Waals surface area contributed by atoms with Crippen LogP contribution in [0.3, 0.4) is 0 Å². The van der Waals surface area contributed by atoms with Crippen LogP contribution < -0.4 is 16.0 Å². The molecule has 29 heteroatoms. The average molecular weight is 1520 g/mol. The number of rotatable bonds is 14. The van der Waals surface area contributed by atoms with Gasteiger partial charge < -0.3 is 64.8 Å². The van der Waals surface area contributed by atoms with E-state index in [9.17, 15) is 41.9 Å². The molecule has 12 amide bonds. The van der Waals surface area contributed by atoms with E-state index in [0.29, 0.717) is 44.4 Å². The molecule has 6 fully saturated rings. The van der Waals surface area contributed by atoms with Gasteiger partial charge in [-0.15, -0.1) is 11.6 Å². The van der Waals surface area contributed by atoms with Crippen LogP contribution in [0.4, 0.5) is 13.2 Å². The highest BCUT2D eigenvalue weighted by molar-refractivity contribution is 6.20. The summed E-state index contributed by atoms with van der Waals surface area (Å²) >= 11 is 6.97. The summed E-state index contributed by atoms with van der Waals surface area (Å²) in [7, 11) is 11.5. The van der Waals surface area contributed by atoms with Gasteiger partial charge in [0, 0.05) is 87.9 Å². The minimum atomic E-state index is -4.44. The van der Waals surface area contributed by atoms with Crippen LogP contribution >= 0.6 is 11.6 Å². The minimum Gasteiger partial charge on any atom is -0.377 e. The zero-order valence-electron chi connectivity index (χ0n) is 65.7. The van der Waals surface area contributed by atoms with Crippen molar-refractivity contribution in [2.24, 2.45) is 40.9 Å². The maximum atomic E-state index is 15.8. The fourth-order valence-corrected chi connectivity index (χ4v) is 18.5. The Morgan fingerprint density at radius 2 is 1.32 bits per heavy atom. The Hall–Kier alpha value is -6.58. The number of hydrogen-bond acceptors (Lipinski definition) is 13. The van der Waals surface area contributed by atoms with Gasteiger partial charge in [0.2, 0.25) is 70.9 Å². The van der Waals surface area contributed by atoms with Gasteiger partial charge in [-0.3, -0.25) is 57.5 Å². The summed E-state index contributed by atoms with van der Waals surface area (Å²) in [4.78, 5) is 193. The molecule has 4 aliphatic carbocycles. The van der Waals surface area contributed by atoms with Crippen LogP contribution in [0.1, 0.15) is 203 Å². The molecule has 7 rings (SSSR count). The number of nitrogens with zero attached hydrogens (tertiary/aromatic N) is 9. The van der Waals surface area contributed by atoms with Crippen molar-refractivity contribution >= 4 is 82.5 Å². The Bertz CT molecular complexity index is 3160. The number of hydrogen-bond donors (Lipinski definition) is 3. The number of ether oxygens (including phenoxy) is 1. The van der Waals surface area contributed by atoms with E-state index >= 15 is 28.8 Å². The largest absolute Gasteiger partial charge is 0.391 e. The van der Waals surface area contributed by atoms with Crippen molar-refractivity contribution in [3.8, 4) is 0 Å². The number of alkyl halides is 4. The molecule has 106 heavy (non-hydrogen) atoms. The van der Waals surface area contributed by atoms with Crippen LogP contribution in [0.2, 0.25) is 0 Å². The summed E-state index contributed by atoms with van der Waals surface area (Å²) in [6.45, 7) is 12.0. The van der Waals surface area contributed by atoms with Crippen molar-refractivity contribution in [2.75, 3.05) is 89.2 Å². The third-order valence-electron chi connectivity index (χ3n) is 24.4. The van der Waals surface area contributed by atoms with E-state index in [1.54, 1.807) is 26.0 Å². The third kappa shape index (κ3) is 21.1. The lowest BCUT2D eigenvalue weighted by molar-refractivity contribution is -0.184. The summed E-state index contributed by atoms with van der Waals surface area (Å²) in [5.41, 5.74) is -2.11. The molecule has 13 atom stereocenters. The maximum absolute atomic E-state index is 15.8. The molecule has 7 aliphatic rings. The third-order valence-corrected chi connectivity index (χ3v) is 24.9. The SMILES string of the molecule is CCC[C@H]1C(=O)N[C@@H]([C@@H](C)CC)C(=O)N(C)CC(=O)N(C)[C@H]2C/C=C\CCN(C2=O)[C@@H](CC2CCC(C(F)(F)F)CC2)C(=O)N(C)CC(=O)N[C@@H](CCC2CCC(CC)C(Cl)C2)C(=O)N2C[C@H](OCC)C[C@H]2C(=O)NC2(CC(C)(C)C2)C(=O)N(C)[C@@H](C2CCCC2)C(=O)N(C)[C@H](C(=O)N(C)C)CC(=O)N1C. The fraction of sp³-hybridized carbons (Fsp3) is 0.818. The van der Waals surface area contributed by atoms with Crippen LogP contribution in [-0.4, -0.2) is 276 Å². The van der Waals surface area contributed by atoms with Crippen molar-refractivity contribution in [3.63, 3.8) is 0 Å². The molecule has 2 bridgehead atoms. The number of fused-ring (bicyclic) bond motifs is 3. The van der Waals surface area contributed by atoms with Gasteiger partial charge >= 0.3 is 6.18 Å². The van der Waals surface area contributed by atoms with Crippen LogP contribution in [0, 0.1) is 40.9 Å². The smallest absolute Gasteiger partial charge is 0.377 e. The van der Waals surface area contributed by atoms with E-state index in [0.717, 1.165) is 41.9 Å². The molecule has 0 radical (unpaired) electrons. The predicted molar refractivity (Wildman–Crippen MR) is 394 cm³/mol. The van der Waals surface area contributed by atoms with Gasteiger partial charge in [0.15, 0.2) is 0 Å². The molecule has 1 spiro atoms. The number of carbonyl (C=O) groups excluding carboxylic acids is 12. The van der Waals surface area contributed by atoms with Crippen LogP contribution in [0.15, 0.2) is 12.2 Å². The molecule has 3 aliphatic heterocycles. The lowest BCUT2D eigenvalue weighted by Gasteiger charge is -2.54. The average Bonchev–Trinajstić information content (AvgIpc) is 0.920. The Labute approximate surface area is 631 Å². The first-order valence-corrected chi connectivity index (χ1v) is 39.5. The molecule has 0 aromatic heterocycles. The zero-order chi connectivity index (χ0) is 78.6. The zero-order valence-corrected chi connectivity index (χ0v) is 66.5. The highest BCUT2D eigenvalue weighted by Crippen LogP contribution is 2.50. The van der Waals surface area contributed by atoms with Gasteiger partial charge in [0.25, 0.3) is 0 Å². The van der Waals surface area contributed by atoms with Crippen LogP contribution in [-0.2, 0) is 62.3 Å². The molecule has 4 saturated carbocycles. The topological polar surface area (TPSA) is 279 Å². The van der Waals surface area contributed by atoms with Crippen molar-refractivity contribution in [3.05, 3.63) is 12.2 Å². The van der Waals surface area contributed by atoms with Gasteiger partial charge in [-0.2, -0.15) is 13.2 Å². The van der Waals surface area contributed by atoms with Crippen molar-refractivity contribution in [1.29, 1.82) is 0 Å². The van der Waals surface area contributed by atoms with Gasteiger partial charge in [-0.1, -0.05) is 92.2 Å². The summed E-state index contributed by atoms with van der Waals surface area (Å²) in [6.07, 6.45) is 5.28. The molecule has 2 saturated heterocycles. The summed E-state index contributed by atoms with van der Waals surface area (Å²) in [6, 6.07) is -10.2. The molecular weight excluding hydrogens is 1390 g/mol. The molecular formula is C77H124ClF3N12O13. The Balaban J connectivity index is 1.33. The first-order chi connectivity index (χ1) is 49.8. The van der Waals surface area contributed by atoms with Gasteiger partial charge in [0.1, 0.15) is 53.9 Å². The highest BCUT2D eigenvalue weighted by atomic mass is 35.5. The predicted octanol–water partition coefficient (Wildman–Crippen LogP) is 6.91. The lowest BCUT2D eigenvalue weighted by Crippen LogP contribution is -2.71. The van der Waals surface area contributed by atoms with E-state index in [2.05, 4.69) is 22.9 Å². The van der Waals surface area contributed by atoms with Crippen molar-refractivity contribution in [1.82, 2.24) is 60.0 Å². The van der Waals surface area contributed by atoms with E-state index in [1.165, 1.54) is 90.7 Å². The van der Waals surface area contributed by atoms with Crippen LogP contribution in [0.25, 0.3) is 0 Å². The number of carbonyl (C=O) groups is 12. The van der Waals surface area contributed by atoms with E-state index in [4.69, 9.17) is 16.3 Å². The summed E-state index contributed by atoms with van der Waals surface area (Å²) in [5, 5.41) is 8.83. The summed E-state index contributed by atoms with van der Waals surface area (Å²) < 4.78 is 48.6. The monoisotopic (exact) mass is 1520 g/mol. The standard InChI is InChI=1S/C77H124ClF3N12O13/c1-16-25-56-66(97)83-64(47(5)17-2)72(103)87(11)44-63(96)89(13)57-28-21-20-24-37-92(71(57)102)60(39-49-30-34-52(35-31-49)77(79,80)81)70(101)86(10)43-61(94)82-55(36-32-48-29-33-50(18-3)54(78)38-48)68(99)93-42-53(106-19-4)40-58(93)67(98)84-76(45-75(6,7)46-76)74(105)91(15)65(51-26-22-23-27-51)73(104)90(14)59(69(100)85(8)9)41-62(95)88(56)12/h20-21,47-60,64-65H,16-19,22-46H2,1-15H3,(H,82,94)(H,83,97)(H,84,98)/b21-20-/t47-,48?,49?,50?,52?,53+,54?,55-,56-,57-,58-,59-,60-,64-,65-/m0/s1. The van der Waals surface area contributed by atoms with Gasteiger partial charge in [-0.05, 0) is 145 Å². The second-order valence-electron chi connectivity index (χ2n) is 32.9. The van der Waals surface area contributed by atoms with Gasteiger partial charge in [0.05, 0.1) is 31.5 Å². The Morgan fingerprint density at radius 1 is 0.679 bits per heavy atom. The summed E-state index contributed by atoms with van der Waals surface area (Å²) in [5.74, 6) is -10.6. The molecule has 3 N–H and O–H groups in total. The quantitative estimate of drug-likeness (QED) is 0.118. The molecule has 3 heterocycles. The maximum Gasteiger partial charge on any atom is 0.391 e. The number of likely N-dealkylation sites (N-methyl/N-ethyl adjacent to an activating group) is 7. The van der Waals surface area contributed by atoms with E-state index in [1.807, 2.05) is 27.7 Å². The minimum absolute atomic E-state index is 0.0131. The van der Waals surface area contributed by atoms with Crippen molar-refractivity contribution in [2.45, 2.75) is 274 Å². The second-order valence-corrected chi connectivity index (χ2v) is 33.5.